The first kappa shape index (κ1) is 18.3. The minimum atomic E-state index is -4.43. The second kappa shape index (κ2) is 6.41. The van der Waals surface area contributed by atoms with Gasteiger partial charge >= 0.3 is 6.18 Å². The van der Waals surface area contributed by atoms with Crippen LogP contribution in [0.1, 0.15) is 29.0 Å². The highest BCUT2D eigenvalue weighted by molar-refractivity contribution is 6.09. The molecule has 1 amide bonds. The van der Waals surface area contributed by atoms with Gasteiger partial charge in [-0.05, 0) is 31.2 Å². The normalized spacial score (nSPS) is 16.9. The second-order valence-corrected chi connectivity index (χ2v) is 7.13. The van der Waals surface area contributed by atoms with E-state index in [1.165, 1.54) is 17.0 Å². The fourth-order valence-electron chi connectivity index (χ4n) is 3.67. The smallest absolute Gasteiger partial charge is 0.305 e. The van der Waals surface area contributed by atoms with E-state index in [1.807, 2.05) is 6.92 Å². The minimum absolute atomic E-state index is 0.161. The molecular formula is C20H15F3N6O. The van der Waals surface area contributed by atoms with Crippen LogP contribution in [-0.2, 0) is 6.18 Å². The zero-order valence-corrected chi connectivity index (χ0v) is 15.7. The second-order valence-electron chi connectivity index (χ2n) is 7.13. The molecule has 3 aromatic heterocycles. The summed E-state index contributed by atoms with van der Waals surface area (Å²) in [4.78, 5) is 23.3. The van der Waals surface area contributed by atoms with E-state index in [4.69, 9.17) is 0 Å². The van der Waals surface area contributed by atoms with E-state index in [1.54, 1.807) is 40.1 Å². The largest absolute Gasteiger partial charge is 0.416 e. The number of aromatic nitrogens is 5. The van der Waals surface area contributed by atoms with Crippen LogP contribution in [-0.4, -0.2) is 36.6 Å². The summed E-state index contributed by atoms with van der Waals surface area (Å²) in [6.07, 6.45) is 3.94. The number of amides is 1. The molecule has 0 fully saturated rings. The Bertz CT molecular complexity index is 1260. The van der Waals surface area contributed by atoms with Crippen LogP contribution in [0.25, 0.3) is 16.9 Å². The Hall–Kier alpha value is -3.69. The van der Waals surface area contributed by atoms with Crippen LogP contribution in [0.2, 0.25) is 0 Å². The van der Waals surface area contributed by atoms with Crippen LogP contribution >= 0.6 is 0 Å². The number of halogens is 3. The molecule has 0 unspecified atom stereocenters. The zero-order valence-electron chi connectivity index (χ0n) is 15.7. The lowest BCUT2D eigenvalue weighted by Crippen LogP contribution is -2.42. The van der Waals surface area contributed by atoms with Gasteiger partial charge in [0.1, 0.15) is 5.69 Å². The molecule has 30 heavy (non-hydrogen) atoms. The number of fused-ring (bicyclic) bond motifs is 2. The topological polar surface area (TPSA) is 68.3 Å². The van der Waals surface area contributed by atoms with Crippen LogP contribution in [0, 0.1) is 0 Å². The molecule has 152 valence electrons. The molecule has 0 spiro atoms. The van der Waals surface area contributed by atoms with Crippen molar-refractivity contribution >= 4 is 17.2 Å². The number of imidazole rings is 1. The Morgan fingerprint density at radius 2 is 1.87 bits per heavy atom. The maximum Gasteiger partial charge on any atom is 0.416 e. The van der Waals surface area contributed by atoms with E-state index in [0.29, 0.717) is 34.8 Å². The molecule has 5 rings (SSSR count). The van der Waals surface area contributed by atoms with Crippen LogP contribution in [0.3, 0.4) is 0 Å². The summed E-state index contributed by atoms with van der Waals surface area (Å²) in [7, 11) is 0. The van der Waals surface area contributed by atoms with E-state index in [-0.39, 0.29) is 11.9 Å². The minimum Gasteiger partial charge on any atom is -0.305 e. The molecule has 1 aliphatic rings. The van der Waals surface area contributed by atoms with Gasteiger partial charge in [0, 0.05) is 30.8 Å². The van der Waals surface area contributed by atoms with Crippen molar-refractivity contribution in [3.05, 3.63) is 66.5 Å². The van der Waals surface area contributed by atoms with Crippen molar-refractivity contribution < 1.29 is 18.0 Å². The van der Waals surface area contributed by atoms with E-state index in [2.05, 4.69) is 15.1 Å². The Kier molecular flexibility index (Phi) is 3.92. The average molecular weight is 412 g/mol. The third-order valence-electron chi connectivity index (χ3n) is 5.17. The summed E-state index contributed by atoms with van der Waals surface area (Å²) in [5.41, 5.74) is 1.77. The lowest BCUT2D eigenvalue weighted by molar-refractivity contribution is -0.137. The summed E-state index contributed by atoms with van der Waals surface area (Å²) in [5, 5.41) is 4.36. The first-order valence-electron chi connectivity index (χ1n) is 9.18. The Balaban J connectivity index is 1.56. The fourth-order valence-corrected chi connectivity index (χ4v) is 3.67. The van der Waals surface area contributed by atoms with E-state index in [0.717, 1.165) is 12.1 Å². The molecule has 7 nitrogen and oxygen atoms in total. The number of rotatable bonds is 2. The molecule has 1 atom stereocenters. The highest BCUT2D eigenvalue weighted by atomic mass is 19.4. The van der Waals surface area contributed by atoms with Gasteiger partial charge in [0.15, 0.2) is 5.65 Å². The number of benzene rings is 1. The summed E-state index contributed by atoms with van der Waals surface area (Å²) in [5.74, 6) is -0.340. The molecule has 1 aromatic carbocycles. The van der Waals surface area contributed by atoms with Crippen LogP contribution in [0.5, 0.6) is 0 Å². The maximum atomic E-state index is 13.3. The van der Waals surface area contributed by atoms with Crippen molar-refractivity contribution in [1.82, 2.24) is 24.1 Å². The van der Waals surface area contributed by atoms with Crippen molar-refractivity contribution in [1.29, 1.82) is 0 Å². The SMILES string of the molecule is C[C@H]1CN(c2ccc(C(F)(F)F)cc2)C(=O)c2c(-c3cn4ccnc4cn3)cnn21. The molecule has 0 bridgehead atoms. The Morgan fingerprint density at radius 3 is 2.60 bits per heavy atom. The standard InChI is InChI=1S/C20H15F3N6O/c1-12-10-28(14-4-2-13(3-5-14)20(21,22)23)19(30)18-15(8-26-29(12)18)16-11-27-7-6-24-17(27)9-25-16/h2-9,11-12H,10H2,1H3/t12-/m0/s1. The monoisotopic (exact) mass is 412 g/mol. The van der Waals surface area contributed by atoms with Gasteiger partial charge in [-0.1, -0.05) is 0 Å². The molecule has 1 aliphatic heterocycles. The summed E-state index contributed by atoms with van der Waals surface area (Å²) < 4.78 is 42.1. The summed E-state index contributed by atoms with van der Waals surface area (Å²) >= 11 is 0. The quantitative estimate of drug-likeness (QED) is 0.502. The molecule has 0 aliphatic carbocycles. The van der Waals surface area contributed by atoms with Crippen molar-refractivity contribution in [2.45, 2.75) is 19.1 Å². The maximum absolute atomic E-state index is 13.3. The Morgan fingerprint density at radius 1 is 1.10 bits per heavy atom. The number of nitrogens with zero attached hydrogens (tertiary/aromatic N) is 6. The van der Waals surface area contributed by atoms with Crippen molar-refractivity contribution in [2.75, 3.05) is 11.4 Å². The lowest BCUT2D eigenvalue weighted by atomic mass is 10.1. The molecule has 4 heterocycles. The molecule has 10 heteroatoms. The van der Waals surface area contributed by atoms with Crippen molar-refractivity contribution in [3.63, 3.8) is 0 Å². The number of anilines is 1. The Labute approximate surface area is 168 Å². The third kappa shape index (κ3) is 2.83. The van der Waals surface area contributed by atoms with Gasteiger partial charge < -0.3 is 9.30 Å². The van der Waals surface area contributed by atoms with Gasteiger partial charge in [0.2, 0.25) is 0 Å². The highest BCUT2D eigenvalue weighted by Crippen LogP contribution is 2.34. The first-order chi connectivity index (χ1) is 14.3. The van der Waals surface area contributed by atoms with Crippen LogP contribution in [0.15, 0.2) is 55.2 Å². The van der Waals surface area contributed by atoms with Crippen LogP contribution in [0.4, 0.5) is 18.9 Å². The average Bonchev–Trinajstić information content (AvgIpc) is 3.37. The first-order valence-corrected chi connectivity index (χ1v) is 9.18. The number of carbonyl (C=O) groups is 1. The van der Waals surface area contributed by atoms with Gasteiger partial charge in [0.25, 0.3) is 5.91 Å². The van der Waals surface area contributed by atoms with Gasteiger partial charge in [0.05, 0.1) is 35.3 Å². The van der Waals surface area contributed by atoms with Crippen molar-refractivity contribution in [2.24, 2.45) is 0 Å². The number of hydrogen-bond acceptors (Lipinski definition) is 4. The van der Waals surface area contributed by atoms with E-state index < -0.39 is 11.7 Å². The van der Waals surface area contributed by atoms with Gasteiger partial charge in [-0.3, -0.25) is 14.5 Å². The number of hydrogen-bond donors (Lipinski definition) is 0. The predicted octanol–water partition coefficient (Wildman–Crippen LogP) is 3.83. The fraction of sp³-hybridized carbons (Fsp3) is 0.200. The molecule has 0 N–H and O–H groups in total. The number of alkyl halides is 3. The molecule has 0 saturated heterocycles. The van der Waals surface area contributed by atoms with Crippen LogP contribution < -0.4 is 4.90 Å². The van der Waals surface area contributed by atoms with Gasteiger partial charge in [-0.25, -0.2) is 4.98 Å². The number of carbonyl (C=O) groups excluding carboxylic acids is 1. The summed E-state index contributed by atoms with van der Waals surface area (Å²) in [6, 6.07) is 4.43. The van der Waals surface area contributed by atoms with Gasteiger partial charge in [-0.2, -0.15) is 18.3 Å². The van der Waals surface area contributed by atoms with E-state index >= 15 is 0 Å². The van der Waals surface area contributed by atoms with Crippen molar-refractivity contribution in [3.8, 4) is 11.3 Å². The molecular weight excluding hydrogens is 397 g/mol. The summed E-state index contributed by atoms with van der Waals surface area (Å²) in [6.45, 7) is 2.20. The molecule has 4 aromatic rings. The highest BCUT2D eigenvalue weighted by Gasteiger charge is 2.35. The van der Waals surface area contributed by atoms with E-state index in [9.17, 15) is 18.0 Å². The zero-order chi connectivity index (χ0) is 21.0. The lowest BCUT2D eigenvalue weighted by Gasteiger charge is -2.32. The predicted molar refractivity (Wildman–Crippen MR) is 102 cm³/mol. The third-order valence-corrected chi connectivity index (χ3v) is 5.17. The molecule has 0 radical (unpaired) electrons. The van der Waals surface area contributed by atoms with Gasteiger partial charge in [-0.15, -0.1) is 0 Å². The molecule has 0 saturated carbocycles.